The molecule has 0 aliphatic carbocycles. The van der Waals surface area contributed by atoms with E-state index in [0.29, 0.717) is 12.8 Å². The smallest absolute Gasteiger partial charge is 0.103 e. The lowest BCUT2D eigenvalue weighted by Crippen LogP contribution is -2.33. The number of hydrogen-bond donors (Lipinski definition) is 0. The lowest BCUT2D eigenvalue weighted by atomic mass is 10.1. The van der Waals surface area contributed by atoms with Crippen LogP contribution in [0.3, 0.4) is 0 Å². The third kappa shape index (κ3) is 2.55. The van der Waals surface area contributed by atoms with Gasteiger partial charge in [-0.25, -0.2) is 4.39 Å². The summed E-state index contributed by atoms with van der Waals surface area (Å²) in [5.41, 5.74) is 1.33. The number of rotatable bonds is 2. The molecule has 0 amide bonds. The highest BCUT2D eigenvalue weighted by molar-refractivity contribution is 9.11. The van der Waals surface area contributed by atoms with E-state index in [1.807, 2.05) is 0 Å². The highest BCUT2D eigenvalue weighted by atomic mass is 79.9. The molecule has 0 bridgehead atoms. The number of hydrogen-bond acceptors (Lipinski definition) is 2. The van der Waals surface area contributed by atoms with Crippen LogP contribution in [0.15, 0.2) is 15.2 Å². The molecule has 1 aromatic rings. The number of piperidine rings is 1. The number of halogens is 2. The van der Waals surface area contributed by atoms with Gasteiger partial charge in [-0.2, -0.15) is 0 Å². The summed E-state index contributed by atoms with van der Waals surface area (Å²) < 4.78 is 14.1. The molecule has 0 radical (unpaired) electrons. The van der Waals surface area contributed by atoms with Crippen LogP contribution in [0.1, 0.15) is 18.4 Å². The van der Waals surface area contributed by atoms with Gasteiger partial charge in [0.1, 0.15) is 6.17 Å². The molecule has 4 heteroatoms. The first-order valence-corrected chi connectivity index (χ1v) is 6.51. The summed E-state index contributed by atoms with van der Waals surface area (Å²) in [4.78, 5) is 2.32. The molecular formula is C10H13BrFNS. The minimum absolute atomic E-state index is 0.572. The normalized spacial score (nSPS) is 20.1. The molecule has 0 N–H and O–H groups in total. The fraction of sp³-hybridized carbons (Fsp3) is 0.600. The molecule has 1 aliphatic heterocycles. The van der Waals surface area contributed by atoms with Crippen LogP contribution in [0.4, 0.5) is 4.39 Å². The van der Waals surface area contributed by atoms with Crippen LogP contribution in [0.2, 0.25) is 0 Å². The molecule has 0 spiro atoms. The summed E-state index contributed by atoms with van der Waals surface area (Å²) >= 11 is 5.23. The Morgan fingerprint density at radius 3 is 2.79 bits per heavy atom. The monoisotopic (exact) mass is 277 g/mol. The van der Waals surface area contributed by atoms with Gasteiger partial charge in [-0.1, -0.05) is 0 Å². The van der Waals surface area contributed by atoms with Crippen LogP contribution >= 0.6 is 27.3 Å². The molecule has 14 heavy (non-hydrogen) atoms. The topological polar surface area (TPSA) is 3.24 Å². The zero-order valence-corrected chi connectivity index (χ0v) is 10.3. The van der Waals surface area contributed by atoms with Gasteiger partial charge in [-0.3, -0.25) is 4.90 Å². The van der Waals surface area contributed by atoms with Crippen molar-refractivity contribution in [1.82, 2.24) is 4.90 Å². The van der Waals surface area contributed by atoms with Gasteiger partial charge in [0.2, 0.25) is 0 Å². The molecule has 2 heterocycles. The van der Waals surface area contributed by atoms with E-state index < -0.39 is 6.17 Å². The average molecular weight is 278 g/mol. The van der Waals surface area contributed by atoms with Gasteiger partial charge in [0, 0.05) is 19.6 Å². The maximum Gasteiger partial charge on any atom is 0.103 e. The van der Waals surface area contributed by atoms with Crippen molar-refractivity contribution in [3.8, 4) is 0 Å². The van der Waals surface area contributed by atoms with E-state index in [2.05, 4.69) is 32.3 Å². The van der Waals surface area contributed by atoms with E-state index in [-0.39, 0.29) is 0 Å². The van der Waals surface area contributed by atoms with Crippen LogP contribution in [0.25, 0.3) is 0 Å². The van der Waals surface area contributed by atoms with Crippen LogP contribution in [0.5, 0.6) is 0 Å². The van der Waals surface area contributed by atoms with Crippen molar-refractivity contribution < 1.29 is 4.39 Å². The Balaban J connectivity index is 1.89. The fourth-order valence-corrected chi connectivity index (χ4v) is 2.95. The van der Waals surface area contributed by atoms with E-state index >= 15 is 0 Å². The summed E-state index contributed by atoms with van der Waals surface area (Å²) in [7, 11) is 0. The highest BCUT2D eigenvalue weighted by Crippen LogP contribution is 2.25. The molecule has 0 aromatic carbocycles. The number of nitrogens with zero attached hydrogens (tertiary/aromatic N) is 1. The van der Waals surface area contributed by atoms with Gasteiger partial charge in [0.15, 0.2) is 0 Å². The highest BCUT2D eigenvalue weighted by Gasteiger charge is 2.18. The van der Waals surface area contributed by atoms with Gasteiger partial charge in [0.25, 0.3) is 0 Å². The molecule has 1 aromatic heterocycles. The maximum absolute atomic E-state index is 12.9. The van der Waals surface area contributed by atoms with Crippen molar-refractivity contribution in [3.05, 3.63) is 20.8 Å². The van der Waals surface area contributed by atoms with Gasteiger partial charge >= 0.3 is 0 Å². The van der Waals surface area contributed by atoms with Crippen LogP contribution in [-0.4, -0.2) is 24.2 Å². The molecular weight excluding hydrogens is 265 g/mol. The first-order valence-electron chi connectivity index (χ1n) is 4.84. The molecule has 1 fully saturated rings. The summed E-state index contributed by atoms with van der Waals surface area (Å²) in [5.74, 6) is 0. The first kappa shape index (κ1) is 10.6. The molecule has 1 aliphatic rings. The quantitative estimate of drug-likeness (QED) is 0.801. The minimum atomic E-state index is -0.572. The Bertz CT molecular complexity index is 294. The Labute approximate surface area is 96.0 Å². The lowest BCUT2D eigenvalue weighted by molar-refractivity contribution is 0.145. The second-order valence-corrected chi connectivity index (χ2v) is 5.90. The molecule has 78 valence electrons. The van der Waals surface area contributed by atoms with Gasteiger partial charge in [-0.05, 0) is 45.8 Å². The molecule has 0 unspecified atom stereocenters. The first-order chi connectivity index (χ1) is 6.75. The predicted molar refractivity (Wildman–Crippen MR) is 61.4 cm³/mol. The summed E-state index contributed by atoms with van der Waals surface area (Å²) in [6, 6.07) is 2.14. The third-order valence-electron chi connectivity index (χ3n) is 2.60. The standard InChI is InChI=1S/C10H13BrFNS/c11-10-8(3-6-14-10)7-13-4-1-9(12)2-5-13/h3,6,9H,1-2,4-5,7H2. The number of likely N-dealkylation sites (tertiary alicyclic amines) is 1. The van der Waals surface area contributed by atoms with Gasteiger partial charge < -0.3 is 0 Å². The Hall–Kier alpha value is 0.0700. The SMILES string of the molecule is FC1CCN(Cc2ccsc2Br)CC1. The van der Waals surface area contributed by atoms with E-state index in [1.165, 1.54) is 9.35 Å². The summed E-state index contributed by atoms with van der Waals surface area (Å²) in [5, 5.41) is 2.08. The van der Waals surface area contributed by atoms with E-state index in [0.717, 1.165) is 19.6 Å². The van der Waals surface area contributed by atoms with Crippen molar-refractivity contribution in [2.75, 3.05) is 13.1 Å². The van der Waals surface area contributed by atoms with Crippen LogP contribution < -0.4 is 0 Å². The predicted octanol–water partition coefficient (Wildman–Crippen LogP) is 3.44. The van der Waals surface area contributed by atoms with Crippen LogP contribution in [-0.2, 0) is 6.54 Å². The van der Waals surface area contributed by atoms with Crippen molar-refractivity contribution in [1.29, 1.82) is 0 Å². The Morgan fingerprint density at radius 1 is 1.50 bits per heavy atom. The largest absolute Gasteiger partial charge is 0.299 e. The molecule has 1 saturated heterocycles. The summed E-state index contributed by atoms with van der Waals surface area (Å²) in [6.45, 7) is 2.74. The van der Waals surface area contributed by atoms with Crippen molar-refractivity contribution in [3.63, 3.8) is 0 Å². The van der Waals surface area contributed by atoms with Crippen molar-refractivity contribution in [2.24, 2.45) is 0 Å². The van der Waals surface area contributed by atoms with Gasteiger partial charge in [0.05, 0.1) is 3.79 Å². The lowest BCUT2D eigenvalue weighted by Gasteiger charge is -2.28. The number of alkyl halides is 1. The van der Waals surface area contributed by atoms with Gasteiger partial charge in [-0.15, -0.1) is 11.3 Å². The molecule has 0 saturated carbocycles. The zero-order chi connectivity index (χ0) is 9.97. The molecule has 0 atom stereocenters. The Morgan fingerprint density at radius 2 is 2.21 bits per heavy atom. The third-order valence-corrected chi connectivity index (χ3v) is 4.42. The van der Waals surface area contributed by atoms with E-state index in [1.54, 1.807) is 11.3 Å². The van der Waals surface area contributed by atoms with Crippen molar-refractivity contribution in [2.45, 2.75) is 25.6 Å². The van der Waals surface area contributed by atoms with E-state index in [4.69, 9.17) is 0 Å². The fourth-order valence-electron chi connectivity index (χ4n) is 1.73. The zero-order valence-electron chi connectivity index (χ0n) is 7.88. The molecule has 2 rings (SSSR count). The second-order valence-electron chi connectivity index (χ2n) is 3.67. The maximum atomic E-state index is 12.9. The Kier molecular flexibility index (Phi) is 3.57. The summed E-state index contributed by atoms with van der Waals surface area (Å²) in [6.07, 6.45) is 0.820. The minimum Gasteiger partial charge on any atom is -0.299 e. The van der Waals surface area contributed by atoms with Crippen molar-refractivity contribution >= 4 is 27.3 Å². The van der Waals surface area contributed by atoms with Crippen LogP contribution in [0, 0.1) is 0 Å². The number of thiophene rings is 1. The molecule has 1 nitrogen and oxygen atoms in total. The average Bonchev–Trinajstić information content (AvgIpc) is 2.56. The second kappa shape index (κ2) is 4.73. The van der Waals surface area contributed by atoms with E-state index in [9.17, 15) is 4.39 Å².